The fourth-order valence-electron chi connectivity index (χ4n) is 3.39. The van der Waals surface area contributed by atoms with Crippen LogP contribution in [-0.2, 0) is 11.2 Å². The lowest BCUT2D eigenvalue weighted by Crippen LogP contribution is -2.33. The predicted molar refractivity (Wildman–Crippen MR) is 103 cm³/mol. The second-order valence-corrected chi connectivity index (χ2v) is 6.67. The summed E-state index contributed by atoms with van der Waals surface area (Å²) in [5, 5.41) is 12.1. The van der Waals surface area contributed by atoms with Crippen molar-refractivity contribution in [2.24, 2.45) is 0 Å². The highest BCUT2D eigenvalue weighted by atomic mass is 19.1. The molecular formula is C20H24FN5O. The number of rotatable bonds is 7. The van der Waals surface area contributed by atoms with Crippen LogP contribution in [0.3, 0.4) is 0 Å². The average molecular weight is 369 g/mol. The molecule has 1 aliphatic rings. The summed E-state index contributed by atoms with van der Waals surface area (Å²) in [6.07, 6.45) is 4.01. The van der Waals surface area contributed by atoms with Crippen molar-refractivity contribution in [1.29, 1.82) is 5.26 Å². The Kier molecular flexibility index (Phi) is 6.20. The first-order valence-electron chi connectivity index (χ1n) is 9.24. The van der Waals surface area contributed by atoms with Crippen molar-refractivity contribution < 1.29 is 9.13 Å². The summed E-state index contributed by atoms with van der Waals surface area (Å²) < 4.78 is 18.9. The van der Waals surface area contributed by atoms with Crippen molar-refractivity contribution in [1.82, 2.24) is 9.97 Å². The summed E-state index contributed by atoms with van der Waals surface area (Å²) in [6.45, 7) is 3.71. The normalized spacial score (nSPS) is 16.4. The van der Waals surface area contributed by atoms with Crippen LogP contribution in [0.2, 0.25) is 0 Å². The van der Waals surface area contributed by atoms with E-state index >= 15 is 0 Å². The van der Waals surface area contributed by atoms with Gasteiger partial charge >= 0.3 is 0 Å². The summed E-state index contributed by atoms with van der Waals surface area (Å²) in [4.78, 5) is 11.5. The second kappa shape index (κ2) is 8.78. The molecule has 0 radical (unpaired) electrons. The summed E-state index contributed by atoms with van der Waals surface area (Å²) in [6, 6.07) is 8.51. The quantitative estimate of drug-likeness (QED) is 0.800. The lowest BCUT2D eigenvalue weighted by Gasteiger charge is -2.26. The zero-order valence-corrected chi connectivity index (χ0v) is 15.7. The van der Waals surface area contributed by atoms with Gasteiger partial charge in [0.2, 0.25) is 5.95 Å². The van der Waals surface area contributed by atoms with Gasteiger partial charge in [-0.25, -0.2) is 9.37 Å². The van der Waals surface area contributed by atoms with Crippen LogP contribution < -0.4 is 10.2 Å². The highest BCUT2D eigenvalue weighted by molar-refractivity contribution is 5.58. The van der Waals surface area contributed by atoms with Gasteiger partial charge in [-0.1, -0.05) is 13.3 Å². The fourth-order valence-corrected chi connectivity index (χ4v) is 3.39. The van der Waals surface area contributed by atoms with Gasteiger partial charge in [0.25, 0.3) is 0 Å². The molecule has 3 rings (SSSR count). The number of aryl methyl sites for hydroxylation is 1. The van der Waals surface area contributed by atoms with Crippen molar-refractivity contribution in [3.63, 3.8) is 0 Å². The number of benzene rings is 1. The van der Waals surface area contributed by atoms with Crippen LogP contribution in [-0.4, -0.2) is 36.3 Å². The number of nitrogens with zero attached hydrogens (tertiary/aromatic N) is 4. The first-order valence-corrected chi connectivity index (χ1v) is 9.24. The molecule has 0 spiro atoms. The number of hydrogen-bond acceptors (Lipinski definition) is 6. The van der Waals surface area contributed by atoms with Crippen molar-refractivity contribution in [3.8, 4) is 6.07 Å². The average Bonchev–Trinajstić information content (AvgIpc) is 3.12. The Labute approximate surface area is 159 Å². The van der Waals surface area contributed by atoms with E-state index in [0.29, 0.717) is 24.3 Å². The predicted octanol–water partition coefficient (Wildman–Crippen LogP) is 3.80. The van der Waals surface area contributed by atoms with Crippen LogP contribution in [0.25, 0.3) is 0 Å². The van der Waals surface area contributed by atoms with Gasteiger partial charge in [-0.3, -0.25) is 0 Å². The molecular weight excluding hydrogens is 345 g/mol. The number of aromatic nitrogens is 2. The minimum atomic E-state index is -0.538. The molecule has 0 aliphatic carbocycles. The molecule has 27 heavy (non-hydrogen) atoms. The van der Waals surface area contributed by atoms with Crippen molar-refractivity contribution in [2.75, 3.05) is 30.5 Å². The molecule has 7 heteroatoms. The van der Waals surface area contributed by atoms with Crippen LogP contribution in [0.15, 0.2) is 24.3 Å². The monoisotopic (exact) mass is 369 g/mol. The largest absolute Gasteiger partial charge is 0.383 e. The summed E-state index contributed by atoms with van der Waals surface area (Å²) >= 11 is 0. The van der Waals surface area contributed by atoms with Crippen molar-refractivity contribution >= 4 is 17.5 Å². The third kappa shape index (κ3) is 4.52. The zero-order chi connectivity index (χ0) is 19.2. The summed E-state index contributed by atoms with van der Waals surface area (Å²) in [5.74, 6) is 0.788. The lowest BCUT2D eigenvalue weighted by atomic mass is 10.2. The number of nitriles is 1. The molecule has 1 aromatic heterocycles. The molecule has 0 unspecified atom stereocenters. The Morgan fingerprint density at radius 3 is 2.96 bits per heavy atom. The molecule has 142 valence electrons. The topological polar surface area (TPSA) is 74.1 Å². The molecule has 1 saturated heterocycles. The van der Waals surface area contributed by atoms with Gasteiger partial charge in [0.1, 0.15) is 17.7 Å². The first kappa shape index (κ1) is 19.1. The van der Waals surface area contributed by atoms with Gasteiger partial charge in [-0.15, -0.1) is 0 Å². The van der Waals surface area contributed by atoms with Gasteiger partial charge in [-0.05, 0) is 37.5 Å². The number of nitrogens with one attached hydrogen (secondary N) is 1. The minimum absolute atomic E-state index is 0.00959. The molecule has 2 aromatic rings. The number of ether oxygens (including phenoxy) is 1. The minimum Gasteiger partial charge on any atom is -0.383 e. The van der Waals surface area contributed by atoms with Crippen LogP contribution in [0.5, 0.6) is 0 Å². The molecule has 2 heterocycles. The maximum atomic E-state index is 13.6. The number of halogens is 1. The summed E-state index contributed by atoms with van der Waals surface area (Å²) in [7, 11) is 1.72. The van der Waals surface area contributed by atoms with Gasteiger partial charge in [-0.2, -0.15) is 10.2 Å². The highest BCUT2D eigenvalue weighted by Crippen LogP contribution is 2.27. The Bertz CT molecular complexity index is 836. The second-order valence-electron chi connectivity index (χ2n) is 6.67. The van der Waals surface area contributed by atoms with E-state index in [2.05, 4.69) is 27.1 Å². The third-order valence-corrected chi connectivity index (χ3v) is 4.65. The lowest BCUT2D eigenvalue weighted by molar-refractivity contribution is 0.180. The van der Waals surface area contributed by atoms with E-state index in [1.165, 1.54) is 12.1 Å². The van der Waals surface area contributed by atoms with Gasteiger partial charge in [0, 0.05) is 31.1 Å². The van der Waals surface area contributed by atoms with Gasteiger partial charge in [0.05, 0.1) is 18.2 Å². The van der Waals surface area contributed by atoms with Crippen LogP contribution in [0, 0.1) is 17.1 Å². The van der Waals surface area contributed by atoms with E-state index in [9.17, 15) is 4.39 Å². The Morgan fingerprint density at radius 2 is 2.22 bits per heavy atom. The van der Waals surface area contributed by atoms with E-state index in [4.69, 9.17) is 10.00 Å². The van der Waals surface area contributed by atoms with E-state index in [-0.39, 0.29) is 5.56 Å². The standard InChI is InChI=1S/C20H24FN5O/c1-3-5-15-11-19(26-9-4-6-17(26)13-27-2)25-20(23-15)24-16-7-8-18(21)14(10-16)12-22/h7-8,10-11,17H,3-6,9,13H2,1-2H3,(H,23,24,25)/t17-/m0/s1. The van der Waals surface area contributed by atoms with E-state index in [0.717, 1.165) is 43.7 Å². The molecule has 1 aliphatic heterocycles. The zero-order valence-electron chi connectivity index (χ0n) is 15.7. The van der Waals surface area contributed by atoms with Gasteiger partial charge in [0.15, 0.2) is 0 Å². The third-order valence-electron chi connectivity index (χ3n) is 4.65. The molecule has 1 atom stereocenters. The SMILES string of the molecule is CCCc1cc(N2CCC[C@H]2COC)nc(Nc2ccc(F)c(C#N)c2)n1. The Hall–Kier alpha value is -2.72. The van der Waals surface area contributed by atoms with Crippen LogP contribution >= 0.6 is 0 Å². The number of hydrogen-bond donors (Lipinski definition) is 1. The smallest absolute Gasteiger partial charge is 0.229 e. The molecule has 6 nitrogen and oxygen atoms in total. The molecule has 0 saturated carbocycles. The maximum Gasteiger partial charge on any atom is 0.229 e. The Balaban J connectivity index is 1.91. The molecule has 1 N–H and O–H groups in total. The first-order chi connectivity index (χ1) is 13.1. The number of anilines is 3. The van der Waals surface area contributed by atoms with Crippen LogP contribution in [0.4, 0.5) is 21.8 Å². The Morgan fingerprint density at radius 1 is 1.37 bits per heavy atom. The van der Waals surface area contributed by atoms with Crippen molar-refractivity contribution in [2.45, 2.75) is 38.6 Å². The highest BCUT2D eigenvalue weighted by Gasteiger charge is 2.26. The van der Waals surface area contributed by atoms with Gasteiger partial charge < -0.3 is 15.0 Å². The van der Waals surface area contributed by atoms with E-state index in [1.54, 1.807) is 13.2 Å². The maximum absolute atomic E-state index is 13.6. The molecule has 1 fully saturated rings. The molecule has 1 aromatic carbocycles. The molecule has 0 amide bonds. The van der Waals surface area contributed by atoms with E-state index < -0.39 is 5.82 Å². The van der Waals surface area contributed by atoms with Crippen molar-refractivity contribution in [3.05, 3.63) is 41.3 Å². The van der Waals surface area contributed by atoms with E-state index in [1.807, 2.05) is 12.1 Å². The molecule has 0 bridgehead atoms. The number of methoxy groups -OCH3 is 1. The van der Waals surface area contributed by atoms with Crippen LogP contribution in [0.1, 0.15) is 37.4 Å². The fraction of sp³-hybridized carbons (Fsp3) is 0.450. The summed E-state index contributed by atoms with van der Waals surface area (Å²) in [5.41, 5.74) is 1.53.